The molecule has 0 aromatic carbocycles. The smallest absolute Gasteiger partial charge is 0.256 e. The minimum absolute atomic E-state index is 0.0730. The Morgan fingerprint density at radius 2 is 2.18 bits per heavy atom. The van der Waals surface area contributed by atoms with Crippen LogP contribution in [0.1, 0.15) is 23.2 Å². The normalized spacial score (nSPS) is 23.3. The van der Waals surface area contributed by atoms with Crippen LogP contribution < -0.4 is 0 Å². The summed E-state index contributed by atoms with van der Waals surface area (Å²) < 4.78 is 0.992. The van der Waals surface area contributed by atoms with Crippen molar-refractivity contribution < 1.29 is 4.79 Å². The highest BCUT2D eigenvalue weighted by Gasteiger charge is 2.30. The third kappa shape index (κ3) is 3.08. The van der Waals surface area contributed by atoms with Crippen LogP contribution in [-0.2, 0) is 0 Å². The van der Waals surface area contributed by atoms with Crippen LogP contribution in [0.15, 0.2) is 6.07 Å². The Labute approximate surface area is 119 Å². The van der Waals surface area contributed by atoms with E-state index in [4.69, 9.17) is 34.8 Å². The van der Waals surface area contributed by atoms with Crippen molar-refractivity contribution in [3.8, 4) is 0 Å². The van der Waals surface area contributed by atoms with Gasteiger partial charge in [-0.3, -0.25) is 4.79 Å². The first-order valence-electron chi connectivity index (χ1n) is 5.31. The average Bonchev–Trinajstić information content (AvgIpc) is 2.54. The van der Waals surface area contributed by atoms with Gasteiger partial charge >= 0.3 is 0 Å². The number of rotatable bonds is 3. The molecule has 0 radical (unpaired) electrons. The summed E-state index contributed by atoms with van der Waals surface area (Å²) in [6.07, 6.45) is 1.97. The Balaban J connectivity index is 1.97. The fraction of sp³-hybridized carbons (Fsp3) is 0.545. The number of halogens is 3. The van der Waals surface area contributed by atoms with Crippen LogP contribution in [0.25, 0.3) is 0 Å². The van der Waals surface area contributed by atoms with Crippen molar-refractivity contribution in [3.63, 3.8) is 0 Å². The minimum atomic E-state index is -0.0730. The van der Waals surface area contributed by atoms with Crippen LogP contribution in [0.2, 0.25) is 8.67 Å². The summed E-state index contributed by atoms with van der Waals surface area (Å²) in [7, 11) is 1.78. The molecular weight excluding hydrogens is 301 g/mol. The van der Waals surface area contributed by atoms with Gasteiger partial charge < -0.3 is 4.90 Å². The highest BCUT2D eigenvalue weighted by Crippen LogP contribution is 2.34. The van der Waals surface area contributed by atoms with Gasteiger partial charge in [0.05, 0.1) is 9.90 Å². The average molecular weight is 313 g/mol. The van der Waals surface area contributed by atoms with Gasteiger partial charge in [0.1, 0.15) is 4.34 Å². The van der Waals surface area contributed by atoms with E-state index in [0.717, 1.165) is 19.4 Å². The van der Waals surface area contributed by atoms with Crippen LogP contribution in [-0.4, -0.2) is 29.8 Å². The van der Waals surface area contributed by atoms with Gasteiger partial charge in [-0.05, 0) is 24.8 Å². The first-order valence-corrected chi connectivity index (χ1v) is 7.32. The molecule has 1 amide bonds. The fourth-order valence-electron chi connectivity index (χ4n) is 1.97. The minimum Gasteiger partial charge on any atom is -0.341 e. The lowest BCUT2D eigenvalue weighted by Crippen LogP contribution is -2.37. The molecule has 1 aliphatic carbocycles. The van der Waals surface area contributed by atoms with Crippen molar-refractivity contribution in [2.24, 2.45) is 5.92 Å². The molecule has 1 aliphatic rings. The monoisotopic (exact) mass is 311 g/mol. The zero-order valence-corrected chi connectivity index (χ0v) is 12.3. The molecule has 0 saturated heterocycles. The highest BCUT2D eigenvalue weighted by molar-refractivity contribution is 7.20. The molecule has 1 heterocycles. The van der Waals surface area contributed by atoms with E-state index in [-0.39, 0.29) is 11.3 Å². The topological polar surface area (TPSA) is 20.3 Å². The van der Waals surface area contributed by atoms with Crippen LogP contribution in [0, 0.1) is 5.92 Å². The van der Waals surface area contributed by atoms with Crippen molar-refractivity contribution >= 4 is 52.0 Å². The molecular formula is C11H12Cl3NOS. The summed E-state index contributed by atoms with van der Waals surface area (Å²) in [5.74, 6) is 0.440. The maximum Gasteiger partial charge on any atom is 0.256 e. The molecule has 1 aromatic heterocycles. The number of thiophene rings is 1. The lowest BCUT2D eigenvalue weighted by molar-refractivity contribution is 0.0747. The van der Waals surface area contributed by atoms with E-state index < -0.39 is 0 Å². The van der Waals surface area contributed by atoms with Crippen molar-refractivity contribution in [2.45, 2.75) is 18.2 Å². The van der Waals surface area contributed by atoms with Crippen molar-refractivity contribution in [3.05, 3.63) is 20.3 Å². The lowest BCUT2D eigenvalue weighted by Gasteiger charge is -2.34. The van der Waals surface area contributed by atoms with Gasteiger partial charge in [-0.1, -0.05) is 23.2 Å². The van der Waals surface area contributed by atoms with E-state index in [2.05, 4.69) is 0 Å². The molecule has 1 saturated carbocycles. The molecule has 2 nitrogen and oxygen atoms in total. The number of hydrogen-bond donors (Lipinski definition) is 0. The first-order chi connectivity index (χ1) is 7.97. The van der Waals surface area contributed by atoms with Crippen LogP contribution in [0.5, 0.6) is 0 Å². The zero-order chi connectivity index (χ0) is 12.6. The zero-order valence-electron chi connectivity index (χ0n) is 9.25. The SMILES string of the molecule is CN(CC1CC(Cl)C1)C(=O)c1cc(Cl)sc1Cl. The molecule has 2 rings (SSSR count). The van der Waals surface area contributed by atoms with E-state index in [1.807, 2.05) is 0 Å². The molecule has 0 N–H and O–H groups in total. The van der Waals surface area contributed by atoms with E-state index in [0.29, 0.717) is 20.2 Å². The largest absolute Gasteiger partial charge is 0.341 e. The molecule has 1 fully saturated rings. The molecule has 6 heteroatoms. The summed E-state index contributed by atoms with van der Waals surface area (Å²) >= 11 is 18.9. The van der Waals surface area contributed by atoms with E-state index in [1.165, 1.54) is 11.3 Å². The maximum atomic E-state index is 12.1. The Kier molecular flexibility index (Phi) is 4.24. The van der Waals surface area contributed by atoms with Crippen molar-refractivity contribution in [1.82, 2.24) is 4.90 Å². The molecule has 0 bridgehead atoms. The second-order valence-electron chi connectivity index (χ2n) is 4.36. The molecule has 1 aromatic rings. The summed E-state index contributed by atoms with van der Waals surface area (Å²) in [6.45, 7) is 0.728. The van der Waals surface area contributed by atoms with Gasteiger partial charge in [-0.2, -0.15) is 0 Å². The summed E-state index contributed by atoms with van der Waals surface area (Å²) in [6, 6.07) is 1.62. The predicted molar refractivity (Wildman–Crippen MR) is 73.7 cm³/mol. The number of carbonyl (C=O) groups is 1. The number of hydrogen-bond acceptors (Lipinski definition) is 2. The van der Waals surface area contributed by atoms with Gasteiger partial charge in [0.15, 0.2) is 0 Å². The molecule has 0 aliphatic heterocycles. The lowest BCUT2D eigenvalue weighted by atomic mass is 9.84. The van der Waals surface area contributed by atoms with Crippen molar-refractivity contribution in [2.75, 3.05) is 13.6 Å². The molecule has 94 valence electrons. The molecule has 17 heavy (non-hydrogen) atoms. The first kappa shape index (κ1) is 13.5. The summed E-state index contributed by atoms with van der Waals surface area (Å²) in [5.41, 5.74) is 0.492. The third-order valence-corrected chi connectivity index (χ3v) is 4.79. The van der Waals surface area contributed by atoms with Gasteiger partial charge in [0, 0.05) is 19.0 Å². The maximum absolute atomic E-state index is 12.1. The Morgan fingerprint density at radius 1 is 1.53 bits per heavy atom. The number of carbonyl (C=O) groups excluding carboxylic acids is 1. The second kappa shape index (κ2) is 5.35. The fourth-order valence-corrected chi connectivity index (χ4v) is 3.92. The molecule has 0 spiro atoms. The van der Waals surface area contributed by atoms with E-state index in [1.54, 1.807) is 18.0 Å². The van der Waals surface area contributed by atoms with Gasteiger partial charge in [0.2, 0.25) is 0 Å². The van der Waals surface area contributed by atoms with Gasteiger partial charge in [-0.15, -0.1) is 22.9 Å². The van der Waals surface area contributed by atoms with Gasteiger partial charge in [0.25, 0.3) is 5.91 Å². The highest BCUT2D eigenvalue weighted by atomic mass is 35.5. The summed E-state index contributed by atoms with van der Waals surface area (Å²) in [5, 5.41) is 0.280. The standard InChI is InChI=1S/C11H12Cl3NOS/c1-15(5-6-2-7(12)3-6)11(16)8-4-9(13)17-10(8)14/h4,6-7H,2-3,5H2,1H3. The number of amides is 1. The third-order valence-electron chi connectivity index (χ3n) is 2.94. The van der Waals surface area contributed by atoms with E-state index in [9.17, 15) is 4.79 Å². The van der Waals surface area contributed by atoms with Crippen LogP contribution in [0.3, 0.4) is 0 Å². The van der Waals surface area contributed by atoms with Gasteiger partial charge in [-0.25, -0.2) is 0 Å². The Hall–Kier alpha value is 0.0400. The quantitative estimate of drug-likeness (QED) is 0.768. The summed E-state index contributed by atoms with van der Waals surface area (Å²) in [4.78, 5) is 13.8. The number of nitrogens with zero attached hydrogens (tertiary/aromatic N) is 1. The predicted octanol–water partition coefficient (Wildman–Crippen LogP) is 4.14. The van der Waals surface area contributed by atoms with E-state index >= 15 is 0 Å². The Morgan fingerprint density at radius 3 is 2.65 bits per heavy atom. The molecule has 0 atom stereocenters. The van der Waals surface area contributed by atoms with Crippen LogP contribution >= 0.6 is 46.1 Å². The number of alkyl halides is 1. The second-order valence-corrected chi connectivity index (χ2v) is 7.26. The van der Waals surface area contributed by atoms with Crippen LogP contribution in [0.4, 0.5) is 0 Å². The molecule has 0 unspecified atom stereocenters. The Bertz CT molecular complexity index is 428. The van der Waals surface area contributed by atoms with Crippen molar-refractivity contribution in [1.29, 1.82) is 0 Å².